The van der Waals surface area contributed by atoms with E-state index in [1.807, 2.05) is 0 Å². The molecule has 0 radical (unpaired) electrons. The second-order valence-electron chi connectivity index (χ2n) is 4.61. The van der Waals surface area contributed by atoms with Crippen molar-refractivity contribution in [2.24, 2.45) is 5.73 Å². The van der Waals surface area contributed by atoms with Gasteiger partial charge in [0.2, 0.25) is 5.91 Å². The SMILES string of the molecule is C[C@H](N)C(=O)N1CCOC(c2ccc(F)c(F)c2)C1.Cl. The molecular weight excluding hydrogens is 290 g/mol. The van der Waals surface area contributed by atoms with E-state index < -0.39 is 23.8 Å². The molecule has 1 saturated heterocycles. The second kappa shape index (κ2) is 6.97. The van der Waals surface area contributed by atoms with Crippen molar-refractivity contribution in [3.05, 3.63) is 35.4 Å². The van der Waals surface area contributed by atoms with Crippen molar-refractivity contribution in [3.63, 3.8) is 0 Å². The van der Waals surface area contributed by atoms with Gasteiger partial charge in [0, 0.05) is 6.54 Å². The van der Waals surface area contributed by atoms with E-state index >= 15 is 0 Å². The zero-order valence-electron chi connectivity index (χ0n) is 11.0. The highest BCUT2D eigenvalue weighted by molar-refractivity contribution is 5.85. The first-order valence-corrected chi connectivity index (χ1v) is 6.10. The fourth-order valence-corrected chi connectivity index (χ4v) is 2.05. The highest BCUT2D eigenvalue weighted by atomic mass is 35.5. The summed E-state index contributed by atoms with van der Waals surface area (Å²) < 4.78 is 31.6. The van der Waals surface area contributed by atoms with Gasteiger partial charge in [-0.05, 0) is 24.6 Å². The van der Waals surface area contributed by atoms with Gasteiger partial charge in [-0.1, -0.05) is 6.07 Å². The lowest BCUT2D eigenvalue weighted by atomic mass is 10.1. The molecule has 0 aromatic heterocycles. The number of nitrogens with zero attached hydrogens (tertiary/aromatic N) is 1. The van der Waals surface area contributed by atoms with Gasteiger partial charge < -0.3 is 15.4 Å². The van der Waals surface area contributed by atoms with Gasteiger partial charge in [-0.15, -0.1) is 12.4 Å². The summed E-state index contributed by atoms with van der Waals surface area (Å²) >= 11 is 0. The Bertz CT molecular complexity index is 485. The molecule has 7 heteroatoms. The molecule has 0 bridgehead atoms. The van der Waals surface area contributed by atoms with E-state index in [1.54, 1.807) is 11.8 Å². The van der Waals surface area contributed by atoms with Crippen LogP contribution < -0.4 is 5.73 Å². The molecule has 2 N–H and O–H groups in total. The third-order valence-electron chi connectivity index (χ3n) is 3.08. The third-order valence-corrected chi connectivity index (χ3v) is 3.08. The molecule has 0 aliphatic carbocycles. The number of carbonyl (C=O) groups is 1. The van der Waals surface area contributed by atoms with E-state index in [0.717, 1.165) is 12.1 Å². The molecular formula is C13H17ClF2N2O2. The van der Waals surface area contributed by atoms with Crippen LogP contribution in [0.15, 0.2) is 18.2 Å². The van der Waals surface area contributed by atoms with Crippen molar-refractivity contribution in [1.82, 2.24) is 4.90 Å². The first-order valence-electron chi connectivity index (χ1n) is 6.10. The Hall–Kier alpha value is -1.24. The van der Waals surface area contributed by atoms with Crippen molar-refractivity contribution in [3.8, 4) is 0 Å². The third kappa shape index (κ3) is 3.65. The molecule has 0 saturated carbocycles. The van der Waals surface area contributed by atoms with Crippen LogP contribution in [0.5, 0.6) is 0 Å². The maximum absolute atomic E-state index is 13.2. The average molecular weight is 307 g/mol. The number of hydrogen-bond acceptors (Lipinski definition) is 3. The van der Waals surface area contributed by atoms with Crippen LogP contribution in [-0.4, -0.2) is 36.5 Å². The molecule has 1 unspecified atom stereocenters. The average Bonchev–Trinajstić information content (AvgIpc) is 2.41. The van der Waals surface area contributed by atoms with Gasteiger partial charge in [0.25, 0.3) is 0 Å². The van der Waals surface area contributed by atoms with Gasteiger partial charge in [0.1, 0.15) is 6.10 Å². The van der Waals surface area contributed by atoms with Crippen LogP contribution in [0.25, 0.3) is 0 Å². The maximum Gasteiger partial charge on any atom is 0.239 e. The molecule has 1 aromatic carbocycles. The number of halogens is 3. The smallest absolute Gasteiger partial charge is 0.239 e. The van der Waals surface area contributed by atoms with Crippen LogP contribution in [0, 0.1) is 11.6 Å². The van der Waals surface area contributed by atoms with Crippen LogP contribution in [0.4, 0.5) is 8.78 Å². The number of benzene rings is 1. The molecule has 1 aliphatic heterocycles. The van der Waals surface area contributed by atoms with Crippen molar-refractivity contribution < 1.29 is 18.3 Å². The quantitative estimate of drug-likeness (QED) is 0.903. The van der Waals surface area contributed by atoms with Crippen molar-refractivity contribution >= 4 is 18.3 Å². The summed E-state index contributed by atoms with van der Waals surface area (Å²) in [5.74, 6) is -1.99. The van der Waals surface area contributed by atoms with Gasteiger partial charge >= 0.3 is 0 Å². The summed E-state index contributed by atoms with van der Waals surface area (Å²) in [6.45, 7) is 2.72. The Morgan fingerprint density at radius 3 is 2.75 bits per heavy atom. The molecule has 20 heavy (non-hydrogen) atoms. The lowest BCUT2D eigenvalue weighted by Gasteiger charge is -2.34. The molecule has 1 heterocycles. The molecule has 2 rings (SSSR count). The predicted molar refractivity (Wildman–Crippen MR) is 72.5 cm³/mol. The first kappa shape index (κ1) is 16.8. The molecule has 1 aliphatic rings. The first-order chi connectivity index (χ1) is 8.99. The summed E-state index contributed by atoms with van der Waals surface area (Å²) in [7, 11) is 0. The summed E-state index contributed by atoms with van der Waals surface area (Å²) in [6.07, 6.45) is -0.452. The molecule has 2 atom stereocenters. The number of morpholine rings is 1. The highest BCUT2D eigenvalue weighted by Gasteiger charge is 2.27. The minimum atomic E-state index is -0.920. The van der Waals surface area contributed by atoms with Crippen molar-refractivity contribution in [2.45, 2.75) is 19.1 Å². The van der Waals surface area contributed by atoms with Crippen molar-refractivity contribution in [2.75, 3.05) is 19.7 Å². The summed E-state index contributed by atoms with van der Waals surface area (Å²) in [5, 5.41) is 0. The van der Waals surface area contributed by atoms with Crippen LogP contribution in [0.1, 0.15) is 18.6 Å². The number of ether oxygens (including phenoxy) is 1. The summed E-state index contributed by atoms with van der Waals surface area (Å²) in [6, 6.07) is 3.03. The van der Waals surface area contributed by atoms with Gasteiger partial charge in [0.05, 0.1) is 19.2 Å². The van der Waals surface area contributed by atoms with E-state index in [-0.39, 0.29) is 18.3 Å². The number of nitrogens with two attached hydrogens (primary N) is 1. The largest absolute Gasteiger partial charge is 0.370 e. The van der Waals surface area contributed by atoms with Gasteiger partial charge in [-0.2, -0.15) is 0 Å². The Kier molecular flexibility index (Phi) is 5.86. The molecule has 0 spiro atoms. The fraction of sp³-hybridized carbons (Fsp3) is 0.462. The van der Waals surface area contributed by atoms with Crippen LogP contribution in [0.3, 0.4) is 0 Å². The number of rotatable bonds is 2. The minimum Gasteiger partial charge on any atom is -0.370 e. The number of hydrogen-bond donors (Lipinski definition) is 1. The second-order valence-corrected chi connectivity index (χ2v) is 4.61. The van der Waals surface area contributed by atoms with Crippen LogP contribution in [0.2, 0.25) is 0 Å². The van der Waals surface area contributed by atoms with E-state index in [4.69, 9.17) is 10.5 Å². The minimum absolute atomic E-state index is 0. The van der Waals surface area contributed by atoms with E-state index in [2.05, 4.69) is 0 Å². The summed E-state index contributed by atoms with van der Waals surface area (Å²) in [5.41, 5.74) is 6.07. The number of carbonyl (C=O) groups excluding carboxylic acids is 1. The summed E-state index contributed by atoms with van der Waals surface area (Å²) in [4.78, 5) is 13.4. The van der Waals surface area contributed by atoms with E-state index in [0.29, 0.717) is 25.3 Å². The lowest BCUT2D eigenvalue weighted by molar-refractivity contribution is -0.140. The Balaban J connectivity index is 0.00000200. The number of amides is 1. The Morgan fingerprint density at radius 2 is 2.15 bits per heavy atom. The molecule has 1 fully saturated rings. The molecule has 1 aromatic rings. The molecule has 4 nitrogen and oxygen atoms in total. The topological polar surface area (TPSA) is 55.6 Å². The van der Waals surface area contributed by atoms with E-state index in [9.17, 15) is 13.6 Å². The van der Waals surface area contributed by atoms with Gasteiger partial charge in [-0.3, -0.25) is 4.79 Å². The standard InChI is InChI=1S/C13H16F2N2O2.ClH/c1-8(16)13(18)17-4-5-19-12(7-17)9-2-3-10(14)11(15)6-9;/h2-3,6,8,12H,4-5,7,16H2,1H3;1H/t8-,12?;/m0./s1. The van der Waals surface area contributed by atoms with Crippen LogP contribution >= 0.6 is 12.4 Å². The Labute approximate surface area is 122 Å². The lowest BCUT2D eigenvalue weighted by Crippen LogP contribution is -2.48. The highest BCUT2D eigenvalue weighted by Crippen LogP contribution is 2.24. The zero-order chi connectivity index (χ0) is 14.0. The van der Waals surface area contributed by atoms with Gasteiger partial charge in [0.15, 0.2) is 11.6 Å². The normalized spacial score (nSPS) is 20.2. The van der Waals surface area contributed by atoms with Crippen LogP contribution in [-0.2, 0) is 9.53 Å². The molecule has 1 amide bonds. The Morgan fingerprint density at radius 1 is 1.45 bits per heavy atom. The zero-order valence-corrected chi connectivity index (χ0v) is 11.8. The molecule has 112 valence electrons. The monoisotopic (exact) mass is 306 g/mol. The fourth-order valence-electron chi connectivity index (χ4n) is 2.05. The van der Waals surface area contributed by atoms with E-state index in [1.165, 1.54) is 6.07 Å². The maximum atomic E-state index is 13.2. The van der Waals surface area contributed by atoms with Crippen molar-refractivity contribution in [1.29, 1.82) is 0 Å². The predicted octanol–water partition coefficient (Wildman–Crippen LogP) is 1.63. The van der Waals surface area contributed by atoms with Gasteiger partial charge in [-0.25, -0.2) is 8.78 Å².